The summed E-state index contributed by atoms with van der Waals surface area (Å²) < 4.78 is 4.78. The molecule has 1 aliphatic carbocycles. The molecule has 84 valence electrons. The van der Waals surface area contributed by atoms with Crippen molar-refractivity contribution in [1.82, 2.24) is 0 Å². The van der Waals surface area contributed by atoms with Crippen LogP contribution in [0.3, 0.4) is 0 Å². The first-order chi connectivity index (χ1) is 7.60. The summed E-state index contributed by atoms with van der Waals surface area (Å²) in [6.07, 6.45) is 1.60. The number of halogens is 1. The lowest BCUT2D eigenvalue weighted by Gasteiger charge is -2.12. The van der Waals surface area contributed by atoms with Gasteiger partial charge in [0.25, 0.3) is 5.24 Å². The Morgan fingerprint density at radius 1 is 1.25 bits per heavy atom. The van der Waals surface area contributed by atoms with Gasteiger partial charge in [0.2, 0.25) is 0 Å². The third-order valence-electron chi connectivity index (χ3n) is 2.99. The fourth-order valence-corrected chi connectivity index (χ4v) is 1.98. The van der Waals surface area contributed by atoms with Crippen molar-refractivity contribution in [3.63, 3.8) is 0 Å². The number of rotatable bonds is 3. The molecule has 0 atom stereocenters. The molecular weight excluding hydrogens is 228 g/mol. The highest BCUT2D eigenvalue weighted by Gasteiger charge is 2.52. The molecule has 4 heteroatoms. The van der Waals surface area contributed by atoms with Crippen LogP contribution in [0, 0.1) is 0 Å². The number of hydrogen-bond acceptors (Lipinski definition) is 3. The molecule has 2 rings (SSSR count). The lowest BCUT2D eigenvalue weighted by molar-refractivity contribution is -0.143. The minimum Gasteiger partial charge on any atom is -0.468 e. The van der Waals surface area contributed by atoms with E-state index in [2.05, 4.69) is 0 Å². The number of benzene rings is 1. The minimum absolute atomic E-state index is 0.211. The summed E-state index contributed by atoms with van der Waals surface area (Å²) in [6, 6.07) is 6.79. The largest absolute Gasteiger partial charge is 0.468 e. The maximum atomic E-state index is 11.6. The second-order valence-electron chi connectivity index (χ2n) is 3.92. The topological polar surface area (TPSA) is 43.4 Å². The van der Waals surface area contributed by atoms with Gasteiger partial charge in [0.1, 0.15) is 0 Å². The van der Waals surface area contributed by atoms with Gasteiger partial charge < -0.3 is 4.74 Å². The molecule has 1 fully saturated rings. The number of methoxy groups -OCH3 is 1. The molecule has 0 radical (unpaired) electrons. The van der Waals surface area contributed by atoms with Crippen LogP contribution in [0.1, 0.15) is 28.8 Å². The maximum Gasteiger partial charge on any atom is 0.316 e. The molecule has 0 unspecified atom stereocenters. The number of ether oxygens (including phenoxy) is 1. The fraction of sp³-hybridized carbons (Fsp3) is 0.333. The Morgan fingerprint density at radius 3 is 2.19 bits per heavy atom. The van der Waals surface area contributed by atoms with E-state index < -0.39 is 10.7 Å². The minimum atomic E-state index is -0.491. The molecule has 0 spiro atoms. The molecule has 0 bridgehead atoms. The molecule has 0 amide bonds. The van der Waals surface area contributed by atoms with E-state index in [0.29, 0.717) is 5.56 Å². The Balaban J connectivity index is 2.29. The summed E-state index contributed by atoms with van der Waals surface area (Å²) in [5.41, 5.74) is 0.843. The van der Waals surface area contributed by atoms with Gasteiger partial charge >= 0.3 is 5.97 Å². The van der Waals surface area contributed by atoms with Gasteiger partial charge in [-0.1, -0.05) is 12.1 Å². The van der Waals surface area contributed by atoms with Crippen molar-refractivity contribution in [2.75, 3.05) is 7.11 Å². The third kappa shape index (κ3) is 1.71. The van der Waals surface area contributed by atoms with Gasteiger partial charge in [0.05, 0.1) is 12.5 Å². The van der Waals surface area contributed by atoms with Crippen LogP contribution in [0.2, 0.25) is 0 Å². The third-order valence-corrected chi connectivity index (χ3v) is 3.21. The van der Waals surface area contributed by atoms with Crippen molar-refractivity contribution in [1.29, 1.82) is 0 Å². The van der Waals surface area contributed by atoms with Crippen LogP contribution in [0.5, 0.6) is 0 Å². The SMILES string of the molecule is COC(=O)C1(c2ccc(C(=O)Cl)cc2)CC1. The van der Waals surface area contributed by atoms with Crippen LogP contribution in [0.4, 0.5) is 0 Å². The molecule has 0 aromatic heterocycles. The van der Waals surface area contributed by atoms with Gasteiger partial charge in [-0.05, 0) is 42.1 Å². The van der Waals surface area contributed by atoms with Crippen LogP contribution in [-0.4, -0.2) is 18.3 Å². The van der Waals surface area contributed by atoms with E-state index in [1.807, 2.05) is 0 Å². The van der Waals surface area contributed by atoms with Gasteiger partial charge in [-0.3, -0.25) is 9.59 Å². The Kier molecular flexibility index (Phi) is 2.72. The standard InChI is InChI=1S/C12H11ClO3/c1-16-11(15)12(6-7-12)9-4-2-8(3-5-9)10(13)14/h2-5H,6-7H2,1H3. The highest BCUT2D eigenvalue weighted by Crippen LogP contribution is 2.49. The zero-order valence-corrected chi connectivity index (χ0v) is 9.58. The monoisotopic (exact) mass is 238 g/mol. The van der Waals surface area contributed by atoms with Gasteiger partial charge in [-0.25, -0.2) is 0 Å². The van der Waals surface area contributed by atoms with E-state index in [4.69, 9.17) is 16.3 Å². The summed E-state index contributed by atoms with van der Waals surface area (Å²) in [7, 11) is 1.39. The highest BCUT2D eigenvalue weighted by atomic mass is 35.5. The summed E-state index contributed by atoms with van der Waals surface area (Å²) in [5.74, 6) is -0.211. The van der Waals surface area contributed by atoms with Crippen LogP contribution < -0.4 is 0 Å². The number of carbonyl (C=O) groups excluding carboxylic acids is 2. The molecular formula is C12H11ClO3. The van der Waals surface area contributed by atoms with Gasteiger partial charge in [0.15, 0.2) is 0 Å². The summed E-state index contributed by atoms with van der Waals surface area (Å²) in [5, 5.41) is -0.491. The van der Waals surface area contributed by atoms with Crippen molar-refractivity contribution in [3.8, 4) is 0 Å². The van der Waals surface area contributed by atoms with Crippen LogP contribution in [0.25, 0.3) is 0 Å². The van der Waals surface area contributed by atoms with Gasteiger partial charge in [0, 0.05) is 5.56 Å². The molecule has 0 aliphatic heterocycles. The zero-order chi connectivity index (χ0) is 11.8. The maximum absolute atomic E-state index is 11.6. The highest BCUT2D eigenvalue weighted by molar-refractivity contribution is 6.67. The first kappa shape index (κ1) is 11.1. The predicted octanol–water partition coefficient (Wildman–Crippen LogP) is 2.27. The van der Waals surface area contributed by atoms with Gasteiger partial charge in [-0.2, -0.15) is 0 Å². The van der Waals surface area contributed by atoms with Crippen molar-refractivity contribution in [2.24, 2.45) is 0 Å². The molecule has 16 heavy (non-hydrogen) atoms. The van der Waals surface area contributed by atoms with Crippen molar-refractivity contribution in [2.45, 2.75) is 18.3 Å². The lowest BCUT2D eigenvalue weighted by Crippen LogP contribution is -2.21. The smallest absolute Gasteiger partial charge is 0.316 e. The summed E-state index contributed by atoms with van der Waals surface area (Å²) in [4.78, 5) is 22.5. The van der Waals surface area contributed by atoms with Crippen LogP contribution in [-0.2, 0) is 14.9 Å². The fourth-order valence-electron chi connectivity index (χ4n) is 1.85. The molecule has 0 N–H and O–H groups in total. The van der Waals surface area contributed by atoms with Crippen LogP contribution in [0.15, 0.2) is 24.3 Å². The van der Waals surface area contributed by atoms with E-state index in [1.54, 1.807) is 24.3 Å². The number of carbonyl (C=O) groups is 2. The molecule has 1 aromatic carbocycles. The Morgan fingerprint density at radius 2 is 1.81 bits per heavy atom. The Labute approximate surface area is 98.4 Å². The first-order valence-corrected chi connectivity index (χ1v) is 5.37. The van der Waals surface area contributed by atoms with E-state index in [-0.39, 0.29) is 5.97 Å². The van der Waals surface area contributed by atoms with E-state index in [0.717, 1.165) is 18.4 Å². The average Bonchev–Trinajstić information content (AvgIpc) is 3.09. The Bertz CT molecular complexity index is 432. The molecule has 0 saturated heterocycles. The van der Waals surface area contributed by atoms with Crippen molar-refractivity contribution < 1.29 is 14.3 Å². The lowest BCUT2D eigenvalue weighted by atomic mass is 9.95. The van der Waals surface area contributed by atoms with Gasteiger partial charge in [-0.15, -0.1) is 0 Å². The number of esters is 1. The van der Waals surface area contributed by atoms with E-state index in [1.165, 1.54) is 7.11 Å². The van der Waals surface area contributed by atoms with Crippen molar-refractivity contribution in [3.05, 3.63) is 35.4 Å². The zero-order valence-electron chi connectivity index (χ0n) is 8.83. The Hall–Kier alpha value is -1.35. The number of hydrogen-bond donors (Lipinski definition) is 0. The second-order valence-corrected chi connectivity index (χ2v) is 4.27. The average molecular weight is 239 g/mol. The predicted molar refractivity (Wildman–Crippen MR) is 59.6 cm³/mol. The molecule has 1 saturated carbocycles. The van der Waals surface area contributed by atoms with Crippen molar-refractivity contribution >= 4 is 22.8 Å². The van der Waals surface area contributed by atoms with E-state index >= 15 is 0 Å². The van der Waals surface area contributed by atoms with Crippen LogP contribution >= 0.6 is 11.6 Å². The molecule has 3 nitrogen and oxygen atoms in total. The molecule has 1 aromatic rings. The molecule has 1 aliphatic rings. The normalized spacial score (nSPS) is 16.6. The molecule has 0 heterocycles. The summed E-state index contributed by atoms with van der Waals surface area (Å²) in [6.45, 7) is 0. The summed E-state index contributed by atoms with van der Waals surface area (Å²) >= 11 is 5.34. The quantitative estimate of drug-likeness (QED) is 0.599. The van der Waals surface area contributed by atoms with E-state index in [9.17, 15) is 9.59 Å². The second kappa shape index (κ2) is 3.91. The first-order valence-electron chi connectivity index (χ1n) is 4.99.